The summed E-state index contributed by atoms with van der Waals surface area (Å²) < 4.78 is 29.5. The van der Waals surface area contributed by atoms with Crippen LogP contribution < -0.4 is 4.74 Å². The van der Waals surface area contributed by atoms with Crippen LogP contribution in [0.1, 0.15) is 5.56 Å². The van der Waals surface area contributed by atoms with Crippen molar-refractivity contribution < 1.29 is 13.5 Å². The van der Waals surface area contributed by atoms with Gasteiger partial charge in [-0.15, -0.1) is 0 Å². The van der Waals surface area contributed by atoms with Gasteiger partial charge in [0.2, 0.25) is 0 Å². The van der Waals surface area contributed by atoms with E-state index in [-0.39, 0.29) is 0 Å². The van der Waals surface area contributed by atoms with E-state index in [2.05, 4.69) is 22.6 Å². The predicted octanol–water partition coefficient (Wildman–Crippen LogP) is 3.24. The van der Waals surface area contributed by atoms with Crippen LogP contribution in [0.2, 0.25) is 0 Å². The summed E-state index contributed by atoms with van der Waals surface area (Å²) in [6.45, 7) is 1.36. The van der Waals surface area contributed by atoms with Crippen LogP contribution in [0.15, 0.2) is 18.2 Å². The molecule has 0 atom stereocenters. The molecule has 4 heteroatoms. The van der Waals surface area contributed by atoms with Gasteiger partial charge in [0.15, 0.2) is 0 Å². The fourth-order valence-electron chi connectivity index (χ4n) is 0.945. The van der Waals surface area contributed by atoms with Crippen molar-refractivity contribution in [3.05, 3.63) is 27.3 Å². The zero-order chi connectivity index (χ0) is 9.84. The molecule has 13 heavy (non-hydrogen) atoms. The number of alkyl halides is 2. The van der Waals surface area contributed by atoms with E-state index < -0.39 is 13.0 Å². The topological polar surface area (TPSA) is 9.23 Å². The van der Waals surface area contributed by atoms with E-state index in [4.69, 9.17) is 4.74 Å². The van der Waals surface area contributed by atoms with E-state index in [9.17, 15) is 8.78 Å². The van der Waals surface area contributed by atoms with Gasteiger partial charge in [-0.2, -0.15) is 0 Å². The molecule has 0 unspecified atom stereocenters. The van der Waals surface area contributed by atoms with Gasteiger partial charge in [-0.3, -0.25) is 0 Å². The van der Waals surface area contributed by atoms with E-state index in [1.165, 1.54) is 0 Å². The standard InChI is InChI=1S/C9H9F2IO/c1-6-2-7(12)4-8(3-6)13-5-9(10)11/h2-4,9H,5H2,1H3. The van der Waals surface area contributed by atoms with Crippen molar-refractivity contribution in [1.82, 2.24) is 0 Å². The van der Waals surface area contributed by atoms with Crippen molar-refractivity contribution in [1.29, 1.82) is 0 Å². The molecule has 0 spiro atoms. The highest BCUT2D eigenvalue weighted by molar-refractivity contribution is 14.1. The second-order valence-electron chi connectivity index (χ2n) is 2.67. The Morgan fingerprint density at radius 2 is 2.08 bits per heavy atom. The number of rotatable bonds is 3. The second-order valence-corrected chi connectivity index (χ2v) is 3.91. The third-order valence-corrected chi connectivity index (χ3v) is 2.01. The zero-order valence-corrected chi connectivity index (χ0v) is 9.22. The summed E-state index contributed by atoms with van der Waals surface area (Å²) in [6.07, 6.45) is -2.42. The first-order valence-electron chi connectivity index (χ1n) is 3.76. The Morgan fingerprint density at radius 1 is 1.38 bits per heavy atom. The van der Waals surface area contributed by atoms with Gasteiger partial charge in [0.25, 0.3) is 6.43 Å². The molecule has 1 rings (SSSR count). The van der Waals surface area contributed by atoms with Gasteiger partial charge in [-0.25, -0.2) is 8.78 Å². The lowest BCUT2D eigenvalue weighted by atomic mass is 10.2. The Morgan fingerprint density at radius 3 is 2.62 bits per heavy atom. The number of aryl methyl sites for hydroxylation is 1. The Kier molecular flexibility index (Phi) is 3.90. The molecule has 0 fully saturated rings. The van der Waals surface area contributed by atoms with Crippen LogP contribution in [0, 0.1) is 10.5 Å². The average Bonchev–Trinajstić information content (AvgIpc) is 1.99. The van der Waals surface area contributed by atoms with Crippen LogP contribution in [0.25, 0.3) is 0 Å². The van der Waals surface area contributed by atoms with Gasteiger partial charge in [0.05, 0.1) is 0 Å². The lowest BCUT2D eigenvalue weighted by molar-refractivity contribution is 0.0818. The number of benzene rings is 1. The van der Waals surface area contributed by atoms with Crippen molar-refractivity contribution in [3.63, 3.8) is 0 Å². The molecule has 0 bridgehead atoms. The first kappa shape index (κ1) is 10.7. The average molecular weight is 298 g/mol. The Balaban J connectivity index is 2.66. The maximum absolute atomic E-state index is 11.8. The van der Waals surface area contributed by atoms with E-state index in [0.717, 1.165) is 9.13 Å². The van der Waals surface area contributed by atoms with Gasteiger partial charge in [0, 0.05) is 3.57 Å². The monoisotopic (exact) mass is 298 g/mol. The van der Waals surface area contributed by atoms with Gasteiger partial charge >= 0.3 is 0 Å². The number of hydrogen-bond acceptors (Lipinski definition) is 1. The molecule has 1 aromatic rings. The Bertz CT molecular complexity index is 269. The van der Waals surface area contributed by atoms with Crippen LogP contribution >= 0.6 is 22.6 Å². The molecule has 0 N–H and O–H groups in total. The lowest BCUT2D eigenvalue weighted by Gasteiger charge is -2.06. The number of halogens is 3. The molecule has 1 aromatic carbocycles. The molecule has 0 aromatic heterocycles. The van der Waals surface area contributed by atoms with Gasteiger partial charge in [-0.1, -0.05) is 0 Å². The number of ether oxygens (including phenoxy) is 1. The molecular formula is C9H9F2IO. The van der Waals surface area contributed by atoms with Crippen molar-refractivity contribution in [2.45, 2.75) is 13.3 Å². The zero-order valence-electron chi connectivity index (χ0n) is 7.06. The molecule has 0 saturated heterocycles. The molecule has 0 amide bonds. The highest BCUT2D eigenvalue weighted by Crippen LogP contribution is 2.18. The molecule has 0 aliphatic carbocycles. The fourth-order valence-corrected chi connectivity index (χ4v) is 1.74. The molecule has 1 nitrogen and oxygen atoms in total. The van der Waals surface area contributed by atoms with Crippen molar-refractivity contribution in [2.75, 3.05) is 6.61 Å². The third-order valence-electron chi connectivity index (χ3n) is 1.39. The summed E-state index contributed by atoms with van der Waals surface area (Å²) in [4.78, 5) is 0. The minimum Gasteiger partial charge on any atom is -0.488 e. The van der Waals surface area contributed by atoms with Crippen LogP contribution in [-0.4, -0.2) is 13.0 Å². The van der Waals surface area contributed by atoms with Gasteiger partial charge in [-0.05, 0) is 53.3 Å². The summed E-state index contributed by atoms with van der Waals surface area (Å²) in [5.74, 6) is 0.504. The van der Waals surface area contributed by atoms with Crippen molar-refractivity contribution in [3.8, 4) is 5.75 Å². The van der Waals surface area contributed by atoms with E-state index in [1.54, 1.807) is 12.1 Å². The largest absolute Gasteiger partial charge is 0.488 e. The van der Waals surface area contributed by atoms with Crippen LogP contribution in [0.3, 0.4) is 0 Å². The quantitative estimate of drug-likeness (QED) is 0.778. The first-order valence-corrected chi connectivity index (χ1v) is 4.84. The highest BCUT2D eigenvalue weighted by atomic mass is 127. The SMILES string of the molecule is Cc1cc(I)cc(OCC(F)F)c1. The molecule has 0 heterocycles. The minimum absolute atomic E-state index is 0.504. The minimum atomic E-state index is -2.42. The summed E-state index contributed by atoms with van der Waals surface area (Å²) in [5, 5.41) is 0. The summed E-state index contributed by atoms with van der Waals surface area (Å²) in [7, 11) is 0. The molecule has 0 aliphatic rings. The van der Waals surface area contributed by atoms with Crippen LogP contribution in [0.4, 0.5) is 8.78 Å². The van der Waals surface area contributed by atoms with E-state index in [1.807, 2.05) is 13.0 Å². The summed E-state index contributed by atoms with van der Waals surface area (Å²) in [6, 6.07) is 5.43. The van der Waals surface area contributed by atoms with Gasteiger partial charge < -0.3 is 4.74 Å². The lowest BCUT2D eigenvalue weighted by Crippen LogP contribution is -2.07. The van der Waals surface area contributed by atoms with Crippen LogP contribution in [0.5, 0.6) is 5.75 Å². The summed E-state index contributed by atoms with van der Waals surface area (Å²) in [5.41, 5.74) is 1.01. The Hall–Kier alpha value is -0.390. The maximum atomic E-state index is 11.8. The van der Waals surface area contributed by atoms with Gasteiger partial charge in [0.1, 0.15) is 12.4 Å². The van der Waals surface area contributed by atoms with Crippen molar-refractivity contribution in [2.24, 2.45) is 0 Å². The number of hydrogen-bond donors (Lipinski definition) is 0. The molecule has 0 aliphatic heterocycles. The molecule has 72 valence electrons. The Labute approximate surface area is 89.2 Å². The normalized spacial score (nSPS) is 10.5. The predicted molar refractivity (Wildman–Crippen MR) is 55.4 cm³/mol. The fraction of sp³-hybridized carbons (Fsp3) is 0.333. The highest BCUT2D eigenvalue weighted by Gasteiger charge is 2.04. The molecular weight excluding hydrogens is 289 g/mol. The maximum Gasteiger partial charge on any atom is 0.272 e. The smallest absolute Gasteiger partial charge is 0.272 e. The third kappa shape index (κ3) is 3.89. The molecule has 0 saturated carbocycles. The molecule has 0 radical (unpaired) electrons. The summed E-state index contributed by atoms with van der Waals surface area (Å²) >= 11 is 2.12. The van der Waals surface area contributed by atoms with Crippen LogP contribution in [-0.2, 0) is 0 Å². The van der Waals surface area contributed by atoms with E-state index >= 15 is 0 Å². The first-order chi connectivity index (χ1) is 6.08. The van der Waals surface area contributed by atoms with E-state index in [0.29, 0.717) is 5.75 Å². The second kappa shape index (κ2) is 4.74. The van der Waals surface area contributed by atoms with Crippen molar-refractivity contribution >= 4 is 22.6 Å².